The molecule has 194 valence electrons. The molecular formula is C30H22N2O7. The van der Waals surface area contributed by atoms with E-state index in [1.807, 2.05) is 32.0 Å². The summed E-state index contributed by atoms with van der Waals surface area (Å²) < 4.78 is 11.2. The van der Waals surface area contributed by atoms with Crippen molar-refractivity contribution in [2.75, 3.05) is 4.90 Å². The second-order valence-electron chi connectivity index (χ2n) is 9.05. The molecule has 1 aliphatic rings. The Balaban J connectivity index is 1.28. The van der Waals surface area contributed by atoms with Gasteiger partial charge in [0.1, 0.15) is 18.1 Å². The molecule has 1 heterocycles. The highest BCUT2D eigenvalue weighted by Gasteiger charge is 2.37. The topological polar surface area (TPSA) is 116 Å². The number of anilines is 1. The van der Waals surface area contributed by atoms with Gasteiger partial charge in [0.2, 0.25) is 0 Å². The average Bonchev–Trinajstić information content (AvgIpc) is 3.18. The first kappa shape index (κ1) is 25.3. The highest BCUT2D eigenvalue weighted by atomic mass is 16.6. The van der Waals surface area contributed by atoms with E-state index in [1.165, 1.54) is 42.5 Å². The molecule has 2 amide bonds. The summed E-state index contributed by atoms with van der Waals surface area (Å²) in [6, 6.07) is 22.1. The van der Waals surface area contributed by atoms with Crippen molar-refractivity contribution in [2.45, 2.75) is 20.5 Å². The number of carbonyl (C=O) groups is 3. The van der Waals surface area contributed by atoms with Crippen molar-refractivity contribution in [3.63, 3.8) is 0 Å². The normalized spacial score (nSPS) is 12.3. The zero-order valence-corrected chi connectivity index (χ0v) is 21.0. The molecule has 0 spiro atoms. The van der Waals surface area contributed by atoms with E-state index in [4.69, 9.17) is 9.47 Å². The van der Waals surface area contributed by atoms with Gasteiger partial charge in [0.25, 0.3) is 17.5 Å². The summed E-state index contributed by atoms with van der Waals surface area (Å²) in [5, 5.41) is 10.9. The van der Waals surface area contributed by atoms with Gasteiger partial charge < -0.3 is 9.47 Å². The molecule has 0 radical (unpaired) electrons. The molecule has 0 aliphatic carbocycles. The Bertz CT molecular complexity index is 1640. The minimum atomic E-state index is -0.649. The Morgan fingerprint density at radius 1 is 0.821 bits per heavy atom. The lowest BCUT2D eigenvalue weighted by atomic mass is 10.1. The lowest BCUT2D eigenvalue weighted by Crippen LogP contribution is -2.29. The molecule has 0 aromatic heterocycles. The molecule has 0 saturated heterocycles. The predicted octanol–water partition coefficient (Wildman–Crippen LogP) is 6.16. The second-order valence-corrected chi connectivity index (χ2v) is 9.05. The van der Waals surface area contributed by atoms with Crippen LogP contribution in [-0.2, 0) is 11.3 Å². The summed E-state index contributed by atoms with van der Waals surface area (Å²) in [6.07, 6.45) is 0. The van der Waals surface area contributed by atoms with E-state index in [-0.39, 0.29) is 29.0 Å². The van der Waals surface area contributed by atoms with Crippen LogP contribution in [0.5, 0.6) is 11.5 Å². The number of nitrogens with zero attached hydrogens (tertiary/aromatic N) is 2. The average molecular weight is 523 g/mol. The van der Waals surface area contributed by atoms with Gasteiger partial charge in [-0.1, -0.05) is 18.2 Å². The first-order valence-corrected chi connectivity index (χ1v) is 12.0. The van der Waals surface area contributed by atoms with Crippen molar-refractivity contribution in [3.8, 4) is 11.5 Å². The maximum atomic E-state index is 13.2. The molecule has 4 aromatic rings. The van der Waals surface area contributed by atoms with E-state index in [1.54, 1.807) is 24.3 Å². The molecule has 0 atom stereocenters. The first-order valence-electron chi connectivity index (χ1n) is 12.0. The Morgan fingerprint density at radius 2 is 1.51 bits per heavy atom. The van der Waals surface area contributed by atoms with Gasteiger partial charge >= 0.3 is 5.97 Å². The summed E-state index contributed by atoms with van der Waals surface area (Å²) in [7, 11) is 0. The molecule has 0 fully saturated rings. The number of carbonyl (C=O) groups excluding carboxylic acids is 3. The van der Waals surface area contributed by atoms with Gasteiger partial charge in [0.15, 0.2) is 0 Å². The van der Waals surface area contributed by atoms with E-state index in [0.717, 1.165) is 16.0 Å². The third-order valence-electron chi connectivity index (χ3n) is 6.42. The van der Waals surface area contributed by atoms with Gasteiger partial charge in [-0.05, 0) is 85.1 Å². The molecular weight excluding hydrogens is 500 g/mol. The second kappa shape index (κ2) is 10.2. The van der Waals surface area contributed by atoms with Gasteiger partial charge in [-0.25, -0.2) is 9.69 Å². The summed E-state index contributed by atoms with van der Waals surface area (Å²) >= 11 is 0. The Kier molecular flexibility index (Phi) is 6.64. The molecule has 5 rings (SSSR count). The number of hydrogen-bond donors (Lipinski definition) is 0. The van der Waals surface area contributed by atoms with E-state index >= 15 is 0 Å². The standard InChI is InChI=1S/C30H22N2O7/c1-18-6-11-24(14-19(18)2)39-25-12-13-26-27(16-25)29(34)31(28(26)33)22-9-7-21(8-10-22)30(35)38-17-20-4-3-5-23(15-20)32(36)37/h3-16H,17H2,1-2H3. The fraction of sp³-hybridized carbons (Fsp3) is 0.100. The molecule has 39 heavy (non-hydrogen) atoms. The van der Waals surface area contributed by atoms with Gasteiger partial charge in [0, 0.05) is 12.1 Å². The number of amides is 2. The fourth-order valence-electron chi connectivity index (χ4n) is 4.17. The van der Waals surface area contributed by atoms with Crippen molar-refractivity contribution in [1.29, 1.82) is 0 Å². The number of non-ortho nitro benzene ring substituents is 1. The maximum absolute atomic E-state index is 13.2. The highest BCUT2D eigenvalue weighted by Crippen LogP contribution is 2.33. The van der Waals surface area contributed by atoms with Crippen LogP contribution < -0.4 is 9.64 Å². The predicted molar refractivity (Wildman–Crippen MR) is 142 cm³/mol. The van der Waals surface area contributed by atoms with Gasteiger partial charge in [0.05, 0.1) is 27.3 Å². The van der Waals surface area contributed by atoms with Crippen LogP contribution in [0, 0.1) is 24.0 Å². The van der Waals surface area contributed by atoms with Crippen LogP contribution in [0.2, 0.25) is 0 Å². The van der Waals surface area contributed by atoms with Crippen molar-refractivity contribution < 1.29 is 28.8 Å². The lowest BCUT2D eigenvalue weighted by molar-refractivity contribution is -0.384. The van der Waals surface area contributed by atoms with Crippen LogP contribution in [0.4, 0.5) is 11.4 Å². The van der Waals surface area contributed by atoms with Crippen LogP contribution in [-0.4, -0.2) is 22.7 Å². The number of nitro groups is 1. The lowest BCUT2D eigenvalue weighted by Gasteiger charge is -2.14. The fourth-order valence-corrected chi connectivity index (χ4v) is 4.17. The van der Waals surface area contributed by atoms with Crippen molar-refractivity contribution in [1.82, 2.24) is 0 Å². The van der Waals surface area contributed by atoms with E-state index in [2.05, 4.69) is 0 Å². The van der Waals surface area contributed by atoms with Crippen LogP contribution in [0.3, 0.4) is 0 Å². The molecule has 0 saturated carbocycles. The van der Waals surface area contributed by atoms with Crippen molar-refractivity contribution in [2.24, 2.45) is 0 Å². The number of imide groups is 1. The number of hydrogen-bond acceptors (Lipinski definition) is 7. The number of nitro benzene ring substituents is 1. The zero-order chi connectivity index (χ0) is 27.7. The van der Waals surface area contributed by atoms with E-state index in [9.17, 15) is 24.5 Å². The summed E-state index contributed by atoms with van der Waals surface area (Å²) in [5.74, 6) is -0.569. The Hall–Kier alpha value is -5.31. The molecule has 1 aliphatic heterocycles. The smallest absolute Gasteiger partial charge is 0.338 e. The Morgan fingerprint density at radius 3 is 2.23 bits per heavy atom. The first-order chi connectivity index (χ1) is 18.7. The number of esters is 1. The minimum absolute atomic E-state index is 0.0993. The summed E-state index contributed by atoms with van der Waals surface area (Å²) in [4.78, 5) is 50.1. The van der Waals surface area contributed by atoms with Gasteiger partial charge in [-0.15, -0.1) is 0 Å². The van der Waals surface area contributed by atoms with Crippen molar-refractivity contribution >= 4 is 29.2 Å². The number of ether oxygens (including phenoxy) is 2. The molecule has 0 bridgehead atoms. The third kappa shape index (κ3) is 5.10. The van der Waals surface area contributed by atoms with Crippen LogP contribution in [0.1, 0.15) is 47.8 Å². The van der Waals surface area contributed by atoms with Crippen LogP contribution in [0.15, 0.2) is 84.9 Å². The SMILES string of the molecule is Cc1ccc(Oc2ccc3c(c2)C(=O)N(c2ccc(C(=O)OCc4cccc([N+](=O)[O-])c4)cc2)C3=O)cc1C. The third-order valence-corrected chi connectivity index (χ3v) is 6.42. The molecule has 9 heteroatoms. The quantitative estimate of drug-likeness (QED) is 0.123. The van der Waals surface area contributed by atoms with E-state index < -0.39 is 22.7 Å². The van der Waals surface area contributed by atoms with Gasteiger partial charge in [-0.3, -0.25) is 19.7 Å². The number of fused-ring (bicyclic) bond motifs is 1. The monoisotopic (exact) mass is 522 g/mol. The number of benzene rings is 4. The molecule has 0 unspecified atom stereocenters. The molecule has 4 aromatic carbocycles. The van der Waals surface area contributed by atoms with Crippen LogP contribution in [0.25, 0.3) is 0 Å². The van der Waals surface area contributed by atoms with Crippen molar-refractivity contribution in [3.05, 3.63) is 128 Å². The molecule has 9 nitrogen and oxygen atoms in total. The summed E-state index contributed by atoms with van der Waals surface area (Å²) in [6.45, 7) is 3.84. The highest BCUT2D eigenvalue weighted by molar-refractivity contribution is 6.34. The number of rotatable bonds is 7. The van der Waals surface area contributed by atoms with Crippen LogP contribution >= 0.6 is 0 Å². The maximum Gasteiger partial charge on any atom is 0.338 e. The number of aryl methyl sites for hydroxylation is 2. The largest absolute Gasteiger partial charge is 0.457 e. The van der Waals surface area contributed by atoms with E-state index in [0.29, 0.717) is 22.7 Å². The van der Waals surface area contributed by atoms with Gasteiger partial charge in [-0.2, -0.15) is 0 Å². The summed E-state index contributed by atoms with van der Waals surface area (Å²) in [5.41, 5.74) is 3.56. The zero-order valence-electron chi connectivity index (χ0n) is 21.0. The molecule has 0 N–H and O–H groups in total. The Labute approximate surface area is 223 Å². The minimum Gasteiger partial charge on any atom is -0.457 e.